The molecule has 2 unspecified atom stereocenters. The van der Waals surface area contributed by atoms with Crippen LogP contribution in [0.4, 0.5) is 5.69 Å². The zero-order chi connectivity index (χ0) is 21.2. The molecule has 30 heavy (non-hydrogen) atoms. The minimum atomic E-state index is -0.747. The average molecular weight is 408 g/mol. The van der Waals surface area contributed by atoms with Crippen LogP contribution in [-0.4, -0.2) is 52.2 Å². The first-order valence-corrected chi connectivity index (χ1v) is 10.1. The second-order valence-corrected chi connectivity index (χ2v) is 8.50. The van der Waals surface area contributed by atoms with Gasteiger partial charge in [0.05, 0.1) is 31.0 Å². The van der Waals surface area contributed by atoms with E-state index in [1.54, 1.807) is 18.9 Å². The van der Waals surface area contributed by atoms with Crippen molar-refractivity contribution in [3.8, 4) is 0 Å². The van der Waals surface area contributed by atoms with Gasteiger partial charge in [0.2, 0.25) is 23.6 Å². The normalized spacial score (nSPS) is 29.0. The number of nitrogens with zero attached hydrogens (tertiary/aromatic N) is 4. The Bertz CT molecular complexity index is 1080. The molecule has 1 spiro atoms. The van der Waals surface area contributed by atoms with E-state index in [9.17, 15) is 9.59 Å². The maximum Gasteiger partial charge on any atom is 0.235 e. The van der Waals surface area contributed by atoms with E-state index >= 15 is 0 Å². The number of rotatable bonds is 4. The van der Waals surface area contributed by atoms with Gasteiger partial charge in [-0.15, -0.1) is 10.2 Å². The molecule has 4 heterocycles. The third-order valence-electron chi connectivity index (χ3n) is 6.50. The van der Waals surface area contributed by atoms with E-state index in [0.29, 0.717) is 18.3 Å². The molecule has 0 aliphatic carbocycles. The fraction of sp³-hybridized carbons (Fsp3) is 0.455. The number of carbonyl (C=O) groups is 2. The summed E-state index contributed by atoms with van der Waals surface area (Å²) in [5.74, 6) is -0.493. The summed E-state index contributed by atoms with van der Waals surface area (Å²) in [5, 5.41) is 7.76. The highest BCUT2D eigenvalue weighted by atomic mass is 16.5. The molecular weight excluding hydrogens is 384 g/mol. The van der Waals surface area contributed by atoms with Crippen molar-refractivity contribution in [2.75, 3.05) is 18.5 Å². The van der Waals surface area contributed by atoms with Crippen LogP contribution in [0, 0.1) is 32.6 Å². The monoisotopic (exact) mass is 408 g/mol. The lowest BCUT2D eigenvalue weighted by molar-refractivity contribution is -0.139. The molecule has 4 atom stereocenters. The van der Waals surface area contributed by atoms with Crippen LogP contribution in [0.25, 0.3) is 0 Å². The zero-order valence-electron chi connectivity index (χ0n) is 17.5. The van der Waals surface area contributed by atoms with Crippen LogP contribution >= 0.6 is 0 Å². The molecule has 3 aliphatic heterocycles. The lowest BCUT2D eigenvalue weighted by Crippen LogP contribution is -2.44. The number of aryl methyl sites for hydroxylation is 3. The number of ether oxygens (including phenoxy) is 1. The summed E-state index contributed by atoms with van der Waals surface area (Å²) in [4.78, 5) is 30.1. The molecule has 8 nitrogen and oxygen atoms in total. The number of amides is 2. The smallest absolute Gasteiger partial charge is 0.235 e. The van der Waals surface area contributed by atoms with Crippen molar-refractivity contribution < 1.29 is 18.7 Å². The quantitative estimate of drug-likeness (QED) is 0.719. The molecular formula is C22H24N4O4. The van der Waals surface area contributed by atoms with Gasteiger partial charge in [-0.3, -0.25) is 9.59 Å². The largest absolute Gasteiger partial charge is 0.424 e. The third-order valence-corrected chi connectivity index (χ3v) is 6.50. The molecule has 2 amide bonds. The van der Waals surface area contributed by atoms with Crippen LogP contribution in [0.3, 0.4) is 0 Å². The molecule has 2 aromatic rings. The van der Waals surface area contributed by atoms with E-state index in [4.69, 9.17) is 9.15 Å². The Morgan fingerprint density at radius 1 is 1.27 bits per heavy atom. The molecule has 2 saturated heterocycles. The summed E-state index contributed by atoms with van der Waals surface area (Å²) in [7, 11) is 1.69. The highest BCUT2D eigenvalue weighted by molar-refractivity contribution is 6.03. The van der Waals surface area contributed by atoms with Crippen LogP contribution in [-0.2, 0) is 20.9 Å². The Labute approximate surface area is 174 Å². The molecule has 1 aromatic heterocycles. The maximum atomic E-state index is 13.5. The summed E-state index contributed by atoms with van der Waals surface area (Å²) in [6.07, 6.45) is 3.49. The SMILES string of the molecule is Cc1nnc(CN(C)C(=O)C2C3C(=O)N(c4ccc(C)c(C)c4)C[C@]34C=C[C@H]2O4)o1. The van der Waals surface area contributed by atoms with Gasteiger partial charge < -0.3 is 19.0 Å². The topological polar surface area (TPSA) is 88.8 Å². The molecule has 2 fully saturated rings. The molecule has 0 N–H and O–H groups in total. The van der Waals surface area contributed by atoms with Gasteiger partial charge in [-0.05, 0) is 37.1 Å². The van der Waals surface area contributed by atoms with Crippen molar-refractivity contribution >= 4 is 17.5 Å². The van der Waals surface area contributed by atoms with Gasteiger partial charge in [0.25, 0.3) is 0 Å². The molecule has 8 heteroatoms. The third kappa shape index (κ3) is 2.70. The van der Waals surface area contributed by atoms with Gasteiger partial charge in [0.15, 0.2) is 0 Å². The van der Waals surface area contributed by atoms with E-state index in [2.05, 4.69) is 10.2 Å². The van der Waals surface area contributed by atoms with Crippen LogP contribution in [0.1, 0.15) is 22.9 Å². The maximum absolute atomic E-state index is 13.5. The van der Waals surface area contributed by atoms with E-state index in [0.717, 1.165) is 11.3 Å². The number of hydrogen-bond acceptors (Lipinski definition) is 6. The molecule has 5 rings (SSSR count). The van der Waals surface area contributed by atoms with Crippen molar-refractivity contribution in [2.24, 2.45) is 11.8 Å². The van der Waals surface area contributed by atoms with Gasteiger partial charge in [0, 0.05) is 19.7 Å². The van der Waals surface area contributed by atoms with Crippen LogP contribution in [0.5, 0.6) is 0 Å². The predicted octanol–water partition coefficient (Wildman–Crippen LogP) is 1.94. The van der Waals surface area contributed by atoms with Gasteiger partial charge in [-0.25, -0.2) is 0 Å². The van der Waals surface area contributed by atoms with Crippen LogP contribution in [0.15, 0.2) is 34.8 Å². The minimum Gasteiger partial charge on any atom is -0.424 e. The lowest BCUT2D eigenvalue weighted by Gasteiger charge is -2.27. The van der Waals surface area contributed by atoms with Gasteiger partial charge >= 0.3 is 0 Å². The first-order valence-electron chi connectivity index (χ1n) is 10.1. The summed E-state index contributed by atoms with van der Waals surface area (Å²) in [5.41, 5.74) is 2.39. The van der Waals surface area contributed by atoms with Crippen LogP contribution < -0.4 is 4.90 Å². The van der Waals surface area contributed by atoms with Crippen molar-refractivity contribution in [3.63, 3.8) is 0 Å². The van der Waals surface area contributed by atoms with Crippen molar-refractivity contribution in [1.29, 1.82) is 0 Å². The molecule has 0 radical (unpaired) electrons. The second-order valence-electron chi connectivity index (χ2n) is 8.50. The number of anilines is 1. The number of aromatic nitrogens is 2. The van der Waals surface area contributed by atoms with Crippen molar-refractivity contribution in [3.05, 3.63) is 53.3 Å². The van der Waals surface area contributed by atoms with Gasteiger partial charge in [-0.1, -0.05) is 18.2 Å². The summed E-state index contributed by atoms with van der Waals surface area (Å²) in [6.45, 7) is 6.39. The van der Waals surface area contributed by atoms with Gasteiger partial charge in [-0.2, -0.15) is 0 Å². The standard InChI is InChI=1S/C22H24N4O4/c1-12-5-6-15(9-13(12)2)26-11-22-8-7-16(30-22)18(19(22)21(26)28)20(27)25(4)10-17-24-23-14(3)29-17/h5-9,16,18-19H,10-11H2,1-4H3/t16-,18?,19?,22-/m1/s1. The fourth-order valence-electron chi connectivity index (χ4n) is 4.83. The molecule has 1 aromatic carbocycles. The fourth-order valence-corrected chi connectivity index (χ4v) is 4.83. The number of benzene rings is 1. The van der Waals surface area contributed by atoms with E-state index in [-0.39, 0.29) is 24.5 Å². The molecule has 156 valence electrons. The molecule has 3 aliphatic rings. The summed E-state index contributed by atoms with van der Waals surface area (Å²) in [6, 6.07) is 5.98. The van der Waals surface area contributed by atoms with E-state index in [1.807, 2.05) is 44.2 Å². The van der Waals surface area contributed by atoms with Gasteiger partial charge in [0.1, 0.15) is 5.60 Å². The highest BCUT2D eigenvalue weighted by Crippen LogP contribution is 2.53. The minimum absolute atomic E-state index is 0.0644. The second kappa shape index (κ2) is 6.50. The van der Waals surface area contributed by atoms with E-state index < -0.39 is 17.4 Å². The summed E-state index contributed by atoms with van der Waals surface area (Å²) >= 11 is 0. The molecule has 2 bridgehead atoms. The van der Waals surface area contributed by atoms with Crippen molar-refractivity contribution in [1.82, 2.24) is 15.1 Å². The molecule has 0 saturated carbocycles. The Balaban J connectivity index is 1.42. The number of hydrogen-bond donors (Lipinski definition) is 0. The first-order chi connectivity index (χ1) is 14.3. The zero-order valence-corrected chi connectivity index (χ0v) is 17.5. The first kappa shape index (κ1) is 19.0. The van der Waals surface area contributed by atoms with E-state index in [1.165, 1.54) is 10.5 Å². The predicted molar refractivity (Wildman–Crippen MR) is 108 cm³/mol. The Kier molecular flexibility index (Phi) is 4.12. The lowest BCUT2D eigenvalue weighted by atomic mass is 9.76. The van der Waals surface area contributed by atoms with Crippen LogP contribution in [0.2, 0.25) is 0 Å². The van der Waals surface area contributed by atoms with Crippen molar-refractivity contribution in [2.45, 2.75) is 39.0 Å². The number of fused-ring (bicyclic) bond motifs is 1. The average Bonchev–Trinajstić information content (AvgIpc) is 3.45. The highest BCUT2D eigenvalue weighted by Gasteiger charge is 2.67. The number of carbonyl (C=O) groups excluding carboxylic acids is 2. The Morgan fingerprint density at radius 2 is 2.07 bits per heavy atom. The summed E-state index contributed by atoms with van der Waals surface area (Å²) < 4.78 is 11.6. The Hall–Kier alpha value is -3.00. The Morgan fingerprint density at radius 3 is 2.77 bits per heavy atom.